The fraction of sp³-hybridized carbons (Fsp3) is 0.345. The van der Waals surface area contributed by atoms with E-state index in [-0.39, 0.29) is 32.5 Å². The summed E-state index contributed by atoms with van der Waals surface area (Å²) < 4.78 is 1.02. The lowest BCUT2D eigenvalue weighted by Crippen LogP contribution is -2.42. The van der Waals surface area contributed by atoms with E-state index in [1.54, 1.807) is 0 Å². The van der Waals surface area contributed by atoms with Crippen LogP contribution in [-0.4, -0.2) is 19.9 Å². The van der Waals surface area contributed by atoms with Crippen LogP contribution in [0.5, 0.6) is 0 Å². The smallest absolute Gasteiger partial charge is 0.165 e. The van der Waals surface area contributed by atoms with Crippen LogP contribution in [0.15, 0.2) is 120 Å². The molecule has 7 aromatic rings. The summed E-state index contributed by atoms with van der Waals surface area (Å²) in [5, 5.41) is 0. The van der Waals surface area contributed by atoms with E-state index in [2.05, 4.69) is 222 Å². The van der Waals surface area contributed by atoms with Crippen molar-refractivity contribution in [3.05, 3.63) is 153 Å². The molecule has 4 nitrogen and oxygen atoms in total. The van der Waals surface area contributed by atoms with Gasteiger partial charge in [-0.05, 0) is 121 Å². The first-order valence-electron chi connectivity index (χ1n) is 22.5. The van der Waals surface area contributed by atoms with Crippen molar-refractivity contribution in [3.63, 3.8) is 0 Å². The molecule has 0 saturated carbocycles. The van der Waals surface area contributed by atoms with Gasteiger partial charge in [-0.1, -0.05) is 189 Å². The molecule has 0 N–H and O–H groups in total. The molecule has 9 rings (SSSR count). The Morgan fingerprint density at radius 1 is 0.381 bits per heavy atom. The number of nitrogens with zero attached hydrogens (tertiary/aromatic N) is 4. The quantitative estimate of drug-likeness (QED) is 0.167. The van der Waals surface area contributed by atoms with Crippen LogP contribution >= 0.6 is 15.9 Å². The Kier molecular flexibility index (Phi) is 9.81. The minimum absolute atomic E-state index is 0.00688. The van der Waals surface area contributed by atoms with Gasteiger partial charge in [0.15, 0.2) is 17.5 Å². The van der Waals surface area contributed by atoms with Crippen molar-refractivity contribution in [1.82, 2.24) is 19.9 Å². The van der Waals surface area contributed by atoms with Crippen molar-refractivity contribution in [3.8, 4) is 67.7 Å². The van der Waals surface area contributed by atoms with Gasteiger partial charge in [-0.2, -0.15) is 0 Å². The number of halogens is 1. The monoisotopic (exact) mass is 892 g/mol. The topological polar surface area (TPSA) is 51.6 Å². The number of pyridine rings is 1. The Balaban J connectivity index is 1.12. The molecule has 0 unspecified atom stereocenters. The molecule has 2 aromatic heterocycles. The van der Waals surface area contributed by atoms with Gasteiger partial charge >= 0.3 is 0 Å². The molecule has 2 heterocycles. The highest BCUT2D eigenvalue weighted by Crippen LogP contribution is 2.63. The molecule has 0 fully saturated rings. The van der Waals surface area contributed by atoms with E-state index in [0.717, 1.165) is 38.0 Å². The second kappa shape index (κ2) is 14.4. The van der Waals surface area contributed by atoms with Crippen LogP contribution in [-0.2, 0) is 21.7 Å². The largest absolute Gasteiger partial charge is 0.255 e. The van der Waals surface area contributed by atoms with Crippen LogP contribution in [0.1, 0.15) is 116 Å². The maximum absolute atomic E-state index is 5.29. The number of benzene rings is 5. The molecule has 63 heavy (non-hydrogen) atoms. The number of hydrogen-bond donors (Lipinski definition) is 0. The summed E-state index contributed by atoms with van der Waals surface area (Å²) in [5.74, 6) is 1.94. The highest BCUT2D eigenvalue weighted by Gasteiger charge is 2.58. The lowest BCUT2D eigenvalue weighted by atomic mass is 9.59. The van der Waals surface area contributed by atoms with Crippen LogP contribution in [0.2, 0.25) is 0 Å². The van der Waals surface area contributed by atoms with Gasteiger partial charge in [0.05, 0.1) is 5.69 Å². The van der Waals surface area contributed by atoms with Crippen LogP contribution in [0, 0.1) is 24.7 Å². The third kappa shape index (κ3) is 6.42. The molecule has 320 valence electrons. The summed E-state index contributed by atoms with van der Waals surface area (Å²) in [6.07, 6.45) is 1.91. The van der Waals surface area contributed by atoms with Gasteiger partial charge in [-0.25, -0.2) is 15.0 Å². The Morgan fingerprint density at radius 3 is 1.30 bits per heavy atom. The average molecular weight is 894 g/mol. The van der Waals surface area contributed by atoms with Gasteiger partial charge in [0.1, 0.15) is 0 Å². The van der Waals surface area contributed by atoms with Crippen LogP contribution in [0.3, 0.4) is 0 Å². The van der Waals surface area contributed by atoms with Crippen LogP contribution < -0.4 is 0 Å². The fourth-order valence-corrected chi connectivity index (χ4v) is 11.4. The first-order chi connectivity index (χ1) is 29.5. The molecular weight excluding hydrogens is 833 g/mol. The van der Waals surface area contributed by atoms with E-state index in [1.807, 2.05) is 6.20 Å². The van der Waals surface area contributed by atoms with Gasteiger partial charge < -0.3 is 0 Å². The summed E-state index contributed by atoms with van der Waals surface area (Å²) in [6.45, 7) is 33.0. The van der Waals surface area contributed by atoms with Crippen molar-refractivity contribution < 1.29 is 0 Å². The molecule has 5 heteroatoms. The number of aryl methyl sites for hydroxylation is 2. The molecule has 2 aliphatic rings. The van der Waals surface area contributed by atoms with Crippen molar-refractivity contribution >= 4 is 15.9 Å². The zero-order valence-electron chi connectivity index (χ0n) is 39.6. The summed E-state index contributed by atoms with van der Waals surface area (Å²) in [5.41, 5.74) is 17.5. The summed E-state index contributed by atoms with van der Waals surface area (Å²) >= 11 is 3.95. The Bertz CT molecular complexity index is 2860. The molecule has 0 amide bonds. The molecule has 0 bridgehead atoms. The summed E-state index contributed by atoms with van der Waals surface area (Å²) in [6, 6.07) is 39.8. The van der Waals surface area contributed by atoms with Gasteiger partial charge in [-0.3, -0.25) is 4.98 Å². The lowest BCUT2D eigenvalue weighted by molar-refractivity contribution is 0.125. The average Bonchev–Trinajstić information content (AvgIpc) is 3.42. The molecule has 0 spiro atoms. The van der Waals surface area contributed by atoms with Crippen molar-refractivity contribution in [2.75, 3.05) is 0 Å². The van der Waals surface area contributed by atoms with Crippen molar-refractivity contribution in [1.29, 1.82) is 0 Å². The number of hydrogen-bond acceptors (Lipinski definition) is 4. The van der Waals surface area contributed by atoms with E-state index in [9.17, 15) is 0 Å². The first kappa shape index (κ1) is 43.0. The minimum Gasteiger partial charge on any atom is -0.255 e. The zero-order chi connectivity index (χ0) is 45.2. The number of fused-ring (bicyclic) bond motifs is 2. The third-order valence-corrected chi connectivity index (χ3v) is 17.8. The van der Waals surface area contributed by atoms with Gasteiger partial charge in [-0.15, -0.1) is 0 Å². The van der Waals surface area contributed by atoms with E-state index in [1.165, 1.54) is 50.1 Å². The molecule has 0 saturated heterocycles. The van der Waals surface area contributed by atoms with Crippen molar-refractivity contribution in [2.24, 2.45) is 10.8 Å². The minimum atomic E-state index is -0.0534. The molecule has 0 aliphatic heterocycles. The van der Waals surface area contributed by atoms with Gasteiger partial charge in [0.25, 0.3) is 0 Å². The fourth-order valence-electron chi connectivity index (χ4n) is 10.9. The van der Waals surface area contributed by atoms with Crippen molar-refractivity contribution in [2.45, 2.75) is 119 Å². The van der Waals surface area contributed by atoms with Crippen LogP contribution in [0.25, 0.3) is 67.7 Å². The zero-order valence-corrected chi connectivity index (χ0v) is 41.2. The summed E-state index contributed by atoms with van der Waals surface area (Å²) in [7, 11) is 0. The SMILES string of the molecule is Cc1cc(C)cc(-c2ccccc2-c2ccc(-c3ccc(-c4nc(-c5ccc6c(c5)C(C)(C)C(C)(C)C6(C)C)nc(-c5ccc6c(c5)C(C)(C)C(C)(C)C6(C)C)n4)cn3)cc2Br)c1. The number of aromatic nitrogens is 4. The third-order valence-electron chi connectivity index (χ3n) is 17.2. The van der Waals surface area contributed by atoms with Crippen LogP contribution in [0.4, 0.5) is 0 Å². The predicted molar refractivity (Wildman–Crippen MR) is 267 cm³/mol. The van der Waals surface area contributed by atoms with E-state index in [0.29, 0.717) is 17.5 Å². The lowest BCUT2D eigenvalue weighted by Gasteiger charge is -2.44. The second-order valence-corrected chi connectivity index (χ2v) is 22.5. The van der Waals surface area contributed by atoms with E-state index < -0.39 is 0 Å². The first-order valence-corrected chi connectivity index (χ1v) is 23.3. The normalized spacial score (nSPS) is 18.2. The standard InChI is InChI=1S/C58H61BrN4/c1-34-27-35(2)29-40(28-34)41-17-15-16-18-42(41)43-23-19-36(32-48(43)59)49-26-22-39(33-60-49)52-62-50(37-20-24-44-46(30-37)55(7,8)57(11,12)53(44,3)4)61-51(63-52)38-21-25-45-47(31-38)56(9,10)58(13,14)54(45,5)6/h15-33H,1-14H3. The maximum atomic E-state index is 5.29. The highest BCUT2D eigenvalue weighted by atomic mass is 79.9. The Morgan fingerprint density at radius 2 is 0.825 bits per heavy atom. The molecule has 0 atom stereocenters. The molecular formula is C58H61BrN4. The maximum Gasteiger partial charge on any atom is 0.165 e. The Hall–Kier alpha value is -5.26. The second-order valence-electron chi connectivity index (χ2n) is 21.6. The summed E-state index contributed by atoms with van der Waals surface area (Å²) in [4.78, 5) is 20.8. The molecule has 5 aromatic carbocycles. The van der Waals surface area contributed by atoms with Gasteiger partial charge in [0.2, 0.25) is 0 Å². The predicted octanol–water partition coefficient (Wildman–Crippen LogP) is 15.8. The Labute approximate surface area is 384 Å². The number of rotatable bonds is 6. The molecule has 2 aliphatic carbocycles. The van der Waals surface area contributed by atoms with E-state index >= 15 is 0 Å². The highest BCUT2D eigenvalue weighted by molar-refractivity contribution is 9.10. The van der Waals surface area contributed by atoms with E-state index in [4.69, 9.17) is 19.9 Å². The molecule has 0 radical (unpaired) electrons. The van der Waals surface area contributed by atoms with Gasteiger partial charge in [0, 0.05) is 32.9 Å².